The minimum absolute atomic E-state index is 0.341. The van der Waals surface area contributed by atoms with E-state index >= 15 is 0 Å². The third-order valence-corrected chi connectivity index (χ3v) is 3.05. The molecule has 0 radical (unpaired) electrons. The van der Waals surface area contributed by atoms with Crippen molar-refractivity contribution in [1.82, 2.24) is 0 Å². The second-order valence-electron chi connectivity index (χ2n) is 5.35. The number of rotatable bonds is 6. The summed E-state index contributed by atoms with van der Waals surface area (Å²) < 4.78 is 0. The van der Waals surface area contributed by atoms with Gasteiger partial charge in [-0.2, -0.15) is 0 Å². The van der Waals surface area contributed by atoms with Crippen molar-refractivity contribution in [1.29, 1.82) is 0 Å². The molecule has 0 aliphatic carbocycles. The summed E-state index contributed by atoms with van der Waals surface area (Å²) in [6.45, 7) is 8.54. The van der Waals surface area contributed by atoms with Gasteiger partial charge in [0.25, 0.3) is 0 Å². The third kappa shape index (κ3) is 4.40. The summed E-state index contributed by atoms with van der Waals surface area (Å²) in [7, 11) is 0. The summed E-state index contributed by atoms with van der Waals surface area (Å²) in [5.41, 5.74) is 2.34. The largest absolute Gasteiger partial charge is 0.478 e. The van der Waals surface area contributed by atoms with E-state index in [-0.39, 0.29) is 0 Å². The number of carboxylic acids is 1. The second-order valence-corrected chi connectivity index (χ2v) is 5.35. The van der Waals surface area contributed by atoms with Crippen LogP contribution in [0.5, 0.6) is 0 Å². The van der Waals surface area contributed by atoms with Gasteiger partial charge in [-0.3, -0.25) is 0 Å². The van der Waals surface area contributed by atoms with Gasteiger partial charge in [0.15, 0.2) is 0 Å². The van der Waals surface area contributed by atoms with Crippen molar-refractivity contribution in [3.8, 4) is 0 Å². The molecule has 1 rings (SSSR count). The van der Waals surface area contributed by atoms with E-state index in [0.29, 0.717) is 17.5 Å². The molecule has 1 unspecified atom stereocenters. The van der Waals surface area contributed by atoms with Crippen LogP contribution in [0.25, 0.3) is 0 Å². The summed E-state index contributed by atoms with van der Waals surface area (Å²) in [6.07, 6.45) is 2.32. The van der Waals surface area contributed by atoms with Crippen LogP contribution < -0.4 is 5.32 Å². The summed E-state index contributed by atoms with van der Waals surface area (Å²) in [5, 5.41) is 12.3. The predicted molar refractivity (Wildman–Crippen MR) is 75.3 cm³/mol. The van der Waals surface area contributed by atoms with Crippen molar-refractivity contribution in [2.24, 2.45) is 5.92 Å². The molecule has 0 spiro atoms. The lowest BCUT2D eigenvalue weighted by Crippen LogP contribution is -2.16. The highest BCUT2D eigenvalue weighted by Crippen LogP contribution is 2.19. The number of hydrogen-bond acceptors (Lipinski definition) is 2. The third-order valence-electron chi connectivity index (χ3n) is 3.05. The number of aryl methyl sites for hydroxylation is 1. The predicted octanol–water partition coefficient (Wildman–Crippen LogP) is 3.93. The summed E-state index contributed by atoms with van der Waals surface area (Å²) >= 11 is 0. The molecular formula is C15H23NO2. The molecule has 1 aromatic rings. The highest BCUT2D eigenvalue weighted by Gasteiger charge is 2.08. The first-order valence-corrected chi connectivity index (χ1v) is 6.50. The van der Waals surface area contributed by atoms with E-state index in [4.69, 9.17) is 5.11 Å². The van der Waals surface area contributed by atoms with Gasteiger partial charge in [0.2, 0.25) is 0 Å². The molecule has 0 fully saturated rings. The Morgan fingerprint density at radius 1 is 1.28 bits per heavy atom. The molecule has 0 amide bonds. The Kier molecular flexibility index (Phi) is 5.20. The molecule has 3 nitrogen and oxygen atoms in total. The lowest BCUT2D eigenvalue weighted by atomic mass is 10.0. The number of aromatic carboxylic acids is 1. The Labute approximate surface area is 109 Å². The van der Waals surface area contributed by atoms with E-state index in [9.17, 15) is 4.79 Å². The number of anilines is 1. The highest BCUT2D eigenvalue weighted by molar-refractivity contribution is 5.88. The molecule has 3 heteroatoms. The van der Waals surface area contributed by atoms with Gasteiger partial charge in [-0.25, -0.2) is 4.79 Å². The fourth-order valence-electron chi connectivity index (χ4n) is 1.88. The van der Waals surface area contributed by atoms with Gasteiger partial charge >= 0.3 is 5.97 Å². The molecule has 0 heterocycles. The van der Waals surface area contributed by atoms with Crippen LogP contribution in [-0.4, -0.2) is 17.1 Å². The van der Waals surface area contributed by atoms with Crippen LogP contribution in [0, 0.1) is 12.8 Å². The average molecular weight is 249 g/mol. The fraction of sp³-hybridized carbons (Fsp3) is 0.533. The molecule has 0 aliphatic rings. The Morgan fingerprint density at radius 3 is 2.44 bits per heavy atom. The quantitative estimate of drug-likeness (QED) is 0.803. The molecule has 0 aliphatic heterocycles. The lowest BCUT2D eigenvalue weighted by Gasteiger charge is -2.18. The van der Waals surface area contributed by atoms with E-state index in [0.717, 1.165) is 17.7 Å². The molecule has 0 saturated heterocycles. The first-order chi connectivity index (χ1) is 8.40. The summed E-state index contributed by atoms with van der Waals surface area (Å²) in [5.74, 6) is -0.165. The standard InChI is InChI=1S/C15H23NO2/c1-10(2)5-6-12(4)16-14-8-7-13(15(17)18)9-11(14)3/h7-10,12,16H,5-6H2,1-4H3,(H,17,18). The Balaban J connectivity index is 2.64. The van der Waals surface area contributed by atoms with Gasteiger partial charge in [-0.05, 0) is 56.4 Å². The van der Waals surface area contributed by atoms with Crippen LogP contribution in [0.3, 0.4) is 0 Å². The molecule has 18 heavy (non-hydrogen) atoms. The highest BCUT2D eigenvalue weighted by atomic mass is 16.4. The first kappa shape index (κ1) is 14.6. The Bertz CT molecular complexity index is 413. The first-order valence-electron chi connectivity index (χ1n) is 6.50. The Hall–Kier alpha value is -1.51. The molecule has 2 N–H and O–H groups in total. The number of benzene rings is 1. The van der Waals surface area contributed by atoms with Gasteiger partial charge in [-0.15, -0.1) is 0 Å². The number of carboxylic acid groups (broad SMARTS) is 1. The molecule has 0 bridgehead atoms. The van der Waals surface area contributed by atoms with Crippen LogP contribution in [0.1, 0.15) is 49.5 Å². The maximum absolute atomic E-state index is 10.8. The maximum atomic E-state index is 10.8. The number of carbonyl (C=O) groups is 1. The average Bonchev–Trinajstić information content (AvgIpc) is 2.29. The van der Waals surface area contributed by atoms with Gasteiger partial charge in [0.1, 0.15) is 0 Å². The zero-order valence-corrected chi connectivity index (χ0v) is 11.7. The smallest absolute Gasteiger partial charge is 0.335 e. The summed E-state index contributed by atoms with van der Waals surface area (Å²) in [6, 6.07) is 5.61. The Morgan fingerprint density at radius 2 is 1.94 bits per heavy atom. The summed E-state index contributed by atoms with van der Waals surface area (Å²) in [4.78, 5) is 10.8. The molecule has 1 aromatic carbocycles. The monoisotopic (exact) mass is 249 g/mol. The van der Waals surface area contributed by atoms with Gasteiger partial charge in [-0.1, -0.05) is 13.8 Å². The van der Waals surface area contributed by atoms with E-state index in [1.54, 1.807) is 12.1 Å². The zero-order chi connectivity index (χ0) is 13.7. The second kappa shape index (κ2) is 6.43. The molecule has 0 aromatic heterocycles. The van der Waals surface area contributed by atoms with E-state index in [1.165, 1.54) is 6.42 Å². The maximum Gasteiger partial charge on any atom is 0.335 e. The molecule has 1 atom stereocenters. The van der Waals surface area contributed by atoms with Crippen molar-refractivity contribution < 1.29 is 9.90 Å². The van der Waals surface area contributed by atoms with Gasteiger partial charge in [0, 0.05) is 11.7 Å². The minimum Gasteiger partial charge on any atom is -0.478 e. The SMILES string of the molecule is Cc1cc(C(=O)O)ccc1NC(C)CCC(C)C. The minimum atomic E-state index is -0.877. The topological polar surface area (TPSA) is 49.3 Å². The van der Waals surface area contributed by atoms with Crippen LogP contribution in [0.2, 0.25) is 0 Å². The van der Waals surface area contributed by atoms with Crippen molar-refractivity contribution in [3.05, 3.63) is 29.3 Å². The molecular weight excluding hydrogens is 226 g/mol. The van der Waals surface area contributed by atoms with Crippen molar-refractivity contribution >= 4 is 11.7 Å². The van der Waals surface area contributed by atoms with Crippen LogP contribution >= 0.6 is 0 Å². The number of hydrogen-bond donors (Lipinski definition) is 2. The van der Waals surface area contributed by atoms with Gasteiger partial charge in [0.05, 0.1) is 5.56 Å². The van der Waals surface area contributed by atoms with Crippen molar-refractivity contribution in [2.45, 2.75) is 46.6 Å². The fourth-order valence-corrected chi connectivity index (χ4v) is 1.88. The van der Waals surface area contributed by atoms with E-state index in [2.05, 4.69) is 26.1 Å². The lowest BCUT2D eigenvalue weighted by molar-refractivity contribution is 0.0697. The van der Waals surface area contributed by atoms with Crippen molar-refractivity contribution in [3.63, 3.8) is 0 Å². The van der Waals surface area contributed by atoms with Crippen LogP contribution in [0.15, 0.2) is 18.2 Å². The van der Waals surface area contributed by atoms with Crippen LogP contribution in [-0.2, 0) is 0 Å². The van der Waals surface area contributed by atoms with E-state index < -0.39 is 5.97 Å². The molecule has 0 saturated carbocycles. The van der Waals surface area contributed by atoms with E-state index in [1.807, 2.05) is 13.0 Å². The number of nitrogens with one attached hydrogen (secondary N) is 1. The normalized spacial score (nSPS) is 12.5. The van der Waals surface area contributed by atoms with Gasteiger partial charge < -0.3 is 10.4 Å². The van der Waals surface area contributed by atoms with Crippen molar-refractivity contribution in [2.75, 3.05) is 5.32 Å². The van der Waals surface area contributed by atoms with Crippen LogP contribution in [0.4, 0.5) is 5.69 Å². The zero-order valence-electron chi connectivity index (χ0n) is 11.7. The molecule has 100 valence electrons.